The van der Waals surface area contributed by atoms with Gasteiger partial charge in [0.2, 0.25) is 0 Å². The van der Waals surface area contributed by atoms with Crippen LogP contribution in [0.5, 0.6) is 0 Å². The van der Waals surface area contributed by atoms with E-state index in [1.807, 2.05) is 40.3 Å². The lowest BCUT2D eigenvalue weighted by Crippen LogP contribution is -2.48. The van der Waals surface area contributed by atoms with Gasteiger partial charge in [-0.15, -0.1) is 0 Å². The molecule has 164 valence electrons. The van der Waals surface area contributed by atoms with E-state index in [0.29, 0.717) is 26.5 Å². The van der Waals surface area contributed by atoms with Crippen LogP contribution in [0.2, 0.25) is 15.1 Å². The minimum atomic E-state index is -0.178. The van der Waals surface area contributed by atoms with Gasteiger partial charge in [-0.25, -0.2) is 5.01 Å². The summed E-state index contributed by atoms with van der Waals surface area (Å²) >= 11 is 18.8. The molecule has 1 N–H and O–H groups in total. The molecule has 1 amide bonds. The van der Waals surface area contributed by atoms with Crippen LogP contribution in [-0.2, 0) is 4.79 Å². The second-order valence-corrected chi connectivity index (χ2v) is 9.21. The first-order chi connectivity index (χ1) is 15.0. The summed E-state index contributed by atoms with van der Waals surface area (Å²) in [4.78, 5) is 13.2. The summed E-state index contributed by atoms with van der Waals surface area (Å²) < 4.78 is 0. The van der Waals surface area contributed by atoms with Crippen LogP contribution in [0.25, 0.3) is 0 Å². The van der Waals surface area contributed by atoms with Crippen molar-refractivity contribution in [3.63, 3.8) is 0 Å². The van der Waals surface area contributed by atoms with Crippen LogP contribution in [0.15, 0.2) is 47.6 Å². The minimum absolute atomic E-state index is 0.0993. The number of nitrogens with one attached hydrogen (secondary N) is 1. The zero-order chi connectivity index (χ0) is 22.0. The Morgan fingerprint density at radius 2 is 1.71 bits per heavy atom. The van der Waals surface area contributed by atoms with E-state index in [0.717, 1.165) is 37.9 Å². The van der Waals surface area contributed by atoms with Gasteiger partial charge in [0, 0.05) is 29.1 Å². The predicted octanol–water partition coefficient (Wildman–Crippen LogP) is 6.11. The number of hydrogen-bond donors (Lipinski definition) is 1. The molecule has 4 rings (SSSR count). The highest BCUT2D eigenvalue weighted by molar-refractivity contribution is 6.41. The van der Waals surface area contributed by atoms with E-state index in [2.05, 4.69) is 12.3 Å². The van der Waals surface area contributed by atoms with Crippen molar-refractivity contribution >= 4 is 52.1 Å². The number of hydrogen-bond acceptors (Lipinski definition) is 4. The van der Waals surface area contributed by atoms with Crippen LogP contribution >= 0.6 is 34.8 Å². The smallest absolute Gasteiger partial charge is 0.282 e. The molecular formula is C23H25Cl3N4O. The topological polar surface area (TPSA) is 47.9 Å². The van der Waals surface area contributed by atoms with Crippen LogP contribution < -0.4 is 10.4 Å². The van der Waals surface area contributed by atoms with E-state index in [-0.39, 0.29) is 17.9 Å². The SMILES string of the molecule is CC[C@@H]1C(C(=O)NN2CCCCC2)=NN(c2ccc(Cl)cc2Cl)[C@@H]1c1ccc(Cl)cc1. The lowest BCUT2D eigenvalue weighted by Gasteiger charge is -2.29. The maximum atomic E-state index is 13.2. The average molecular weight is 480 g/mol. The van der Waals surface area contributed by atoms with Crippen molar-refractivity contribution in [3.05, 3.63) is 63.1 Å². The Balaban J connectivity index is 1.71. The Hall–Kier alpha value is -1.79. The zero-order valence-electron chi connectivity index (χ0n) is 17.3. The number of rotatable bonds is 5. The second kappa shape index (κ2) is 9.78. The molecule has 2 aliphatic heterocycles. The first-order valence-corrected chi connectivity index (χ1v) is 11.8. The Bertz CT molecular complexity index is 973. The number of piperidine rings is 1. The molecule has 0 unspecified atom stereocenters. The van der Waals surface area contributed by atoms with Gasteiger partial charge in [0.15, 0.2) is 0 Å². The third kappa shape index (κ3) is 4.85. The standard InChI is InChI=1S/C23H25Cl3N4O/c1-2-18-21(23(31)28-29-12-4-3-5-13-29)27-30(20-11-10-17(25)14-19(20)26)22(18)15-6-8-16(24)9-7-15/h6-11,14,18,22H,2-5,12-13H2,1H3,(H,28,31)/t18-,22-/m1/s1. The highest BCUT2D eigenvalue weighted by Gasteiger charge is 2.42. The molecule has 0 spiro atoms. The maximum Gasteiger partial charge on any atom is 0.282 e. The summed E-state index contributed by atoms with van der Waals surface area (Å²) in [5, 5.41) is 10.3. The van der Waals surface area contributed by atoms with Gasteiger partial charge in [0.25, 0.3) is 5.91 Å². The highest BCUT2D eigenvalue weighted by Crippen LogP contribution is 2.43. The van der Waals surface area contributed by atoms with Crippen molar-refractivity contribution in [1.82, 2.24) is 10.4 Å². The van der Waals surface area contributed by atoms with Gasteiger partial charge in [0.1, 0.15) is 5.71 Å². The van der Waals surface area contributed by atoms with E-state index in [1.165, 1.54) is 6.42 Å². The Kier molecular flexibility index (Phi) is 7.07. The van der Waals surface area contributed by atoms with Gasteiger partial charge < -0.3 is 0 Å². The van der Waals surface area contributed by atoms with Crippen LogP contribution in [-0.4, -0.2) is 29.7 Å². The van der Waals surface area contributed by atoms with Gasteiger partial charge >= 0.3 is 0 Å². The molecule has 0 aliphatic carbocycles. The summed E-state index contributed by atoms with van der Waals surface area (Å²) in [7, 11) is 0. The number of amides is 1. The van der Waals surface area contributed by atoms with Crippen LogP contribution in [0.3, 0.4) is 0 Å². The largest absolute Gasteiger partial charge is 0.284 e. The molecule has 5 nitrogen and oxygen atoms in total. The lowest BCUT2D eigenvalue weighted by atomic mass is 9.87. The molecule has 1 fully saturated rings. The molecule has 0 bridgehead atoms. The Labute approximate surface area is 197 Å². The van der Waals surface area contributed by atoms with E-state index >= 15 is 0 Å². The molecule has 0 aromatic heterocycles. The quantitative estimate of drug-likeness (QED) is 0.563. The summed E-state index contributed by atoms with van der Waals surface area (Å²) in [5.41, 5.74) is 5.31. The van der Waals surface area contributed by atoms with Gasteiger partial charge in [-0.3, -0.25) is 15.2 Å². The first kappa shape index (κ1) is 22.4. The summed E-state index contributed by atoms with van der Waals surface area (Å²) in [6.07, 6.45) is 4.13. The van der Waals surface area contributed by atoms with Gasteiger partial charge in [-0.1, -0.05) is 60.3 Å². The Morgan fingerprint density at radius 3 is 2.35 bits per heavy atom. The van der Waals surface area contributed by atoms with Gasteiger partial charge in [-0.05, 0) is 55.2 Å². The van der Waals surface area contributed by atoms with E-state index in [1.54, 1.807) is 12.1 Å². The minimum Gasteiger partial charge on any atom is -0.284 e. The average Bonchev–Trinajstić information content (AvgIpc) is 3.14. The highest BCUT2D eigenvalue weighted by atomic mass is 35.5. The zero-order valence-corrected chi connectivity index (χ0v) is 19.6. The number of halogens is 3. The second-order valence-electron chi connectivity index (χ2n) is 7.93. The van der Waals surface area contributed by atoms with Crippen LogP contribution in [0, 0.1) is 5.92 Å². The molecule has 8 heteroatoms. The fourth-order valence-corrected chi connectivity index (χ4v) is 4.93. The lowest BCUT2D eigenvalue weighted by molar-refractivity contribution is -0.120. The van der Waals surface area contributed by atoms with Crippen molar-refractivity contribution < 1.29 is 4.79 Å². The maximum absolute atomic E-state index is 13.2. The number of anilines is 1. The summed E-state index contributed by atoms with van der Waals surface area (Å²) in [6.45, 7) is 3.80. The molecule has 2 atom stereocenters. The fourth-order valence-electron chi connectivity index (χ4n) is 4.31. The fraction of sp³-hybridized carbons (Fsp3) is 0.391. The van der Waals surface area contributed by atoms with Crippen LogP contribution in [0.1, 0.15) is 44.2 Å². The molecular weight excluding hydrogens is 455 g/mol. The summed E-state index contributed by atoms with van der Waals surface area (Å²) in [5.74, 6) is -0.252. The first-order valence-electron chi connectivity index (χ1n) is 10.6. The Morgan fingerprint density at radius 1 is 1.03 bits per heavy atom. The molecule has 2 heterocycles. The number of benzene rings is 2. The number of hydrazine groups is 1. The third-order valence-electron chi connectivity index (χ3n) is 5.87. The van der Waals surface area contributed by atoms with Crippen LogP contribution in [0.4, 0.5) is 5.69 Å². The van der Waals surface area contributed by atoms with Crippen molar-refractivity contribution in [2.24, 2.45) is 11.0 Å². The van der Waals surface area contributed by atoms with Crippen molar-refractivity contribution in [1.29, 1.82) is 0 Å². The number of nitrogens with zero attached hydrogens (tertiary/aromatic N) is 3. The number of carbonyl (C=O) groups is 1. The molecule has 2 aromatic rings. The van der Waals surface area contributed by atoms with Crippen molar-refractivity contribution in [2.75, 3.05) is 18.1 Å². The van der Waals surface area contributed by atoms with E-state index in [4.69, 9.17) is 39.9 Å². The number of carbonyl (C=O) groups excluding carboxylic acids is 1. The monoisotopic (exact) mass is 478 g/mol. The molecule has 31 heavy (non-hydrogen) atoms. The third-order valence-corrected chi connectivity index (χ3v) is 6.66. The molecule has 2 aliphatic rings. The molecule has 2 aromatic carbocycles. The van der Waals surface area contributed by atoms with Gasteiger partial charge in [0.05, 0.1) is 16.8 Å². The van der Waals surface area contributed by atoms with Crippen molar-refractivity contribution in [2.45, 2.75) is 38.6 Å². The molecule has 0 radical (unpaired) electrons. The normalized spacial score (nSPS) is 21.8. The van der Waals surface area contributed by atoms with Crippen molar-refractivity contribution in [3.8, 4) is 0 Å². The predicted molar refractivity (Wildman–Crippen MR) is 128 cm³/mol. The van der Waals surface area contributed by atoms with Gasteiger partial charge in [-0.2, -0.15) is 5.10 Å². The van der Waals surface area contributed by atoms with E-state index in [9.17, 15) is 4.79 Å². The van der Waals surface area contributed by atoms with E-state index < -0.39 is 0 Å². The molecule has 1 saturated heterocycles. The summed E-state index contributed by atoms with van der Waals surface area (Å²) in [6, 6.07) is 12.8. The molecule has 0 saturated carbocycles. The number of hydrazone groups is 1.